The van der Waals surface area contributed by atoms with Crippen molar-refractivity contribution in [2.24, 2.45) is 0 Å². The molecule has 2 amide bonds. The highest BCUT2D eigenvalue weighted by Crippen LogP contribution is 2.23. The molecule has 172 valence electrons. The van der Waals surface area contributed by atoms with E-state index < -0.39 is 0 Å². The lowest BCUT2D eigenvalue weighted by Crippen LogP contribution is -2.48. The number of hydrogen-bond acceptors (Lipinski definition) is 6. The Labute approximate surface area is 190 Å². The van der Waals surface area contributed by atoms with Crippen LogP contribution in [0.1, 0.15) is 18.4 Å². The summed E-state index contributed by atoms with van der Waals surface area (Å²) in [6.07, 6.45) is 3.69. The van der Waals surface area contributed by atoms with Crippen LogP contribution in [0.5, 0.6) is 5.75 Å². The fourth-order valence-electron chi connectivity index (χ4n) is 4.36. The van der Waals surface area contributed by atoms with Crippen LogP contribution >= 0.6 is 0 Å². The van der Waals surface area contributed by atoms with Crippen molar-refractivity contribution in [1.82, 2.24) is 20.5 Å². The second kappa shape index (κ2) is 10.5. The molecular weight excluding hydrogens is 404 g/mol. The first-order chi connectivity index (χ1) is 15.6. The Kier molecular flexibility index (Phi) is 7.32. The summed E-state index contributed by atoms with van der Waals surface area (Å²) in [5.74, 6) is 1.85. The van der Waals surface area contributed by atoms with Gasteiger partial charge in [0.05, 0.1) is 7.11 Å². The van der Waals surface area contributed by atoms with Gasteiger partial charge in [0.25, 0.3) is 0 Å². The van der Waals surface area contributed by atoms with Crippen LogP contribution < -0.4 is 25.2 Å². The molecule has 2 saturated heterocycles. The predicted octanol–water partition coefficient (Wildman–Crippen LogP) is 2.31. The maximum absolute atomic E-state index is 12.5. The fourth-order valence-corrected chi connectivity index (χ4v) is 4.36. The minimum atomic E-state index is -0.110. The number of carbonyl (C=O) groups is 1. The van der Waals surface area contributed by atoms with Crippen LogP contribution in [0.2, 0.25) is 0 Å². The normalized spacial score (nSPS) is 17.8. The van der Waals surface area contributed by atoms with Crippen LogP contribution in [0.25, 0.3) is 0 Å². The maximum Gasteiger partial charge on any atom is 0.315 e. The monoisotopic (exact) mass is 438 g/mol. The first-order valence-electron chi connectivity index (χ1n) is 11.4. The Morgan fingerprint density at radius 3 is 2.44 bits per heavy atom. The Bertz CT molecular complexity index is 874. The van der Waals surface area contributed by atoms with Crippen molar-refractivity contribution < 1.29 is 9.53 Å². The summed E-state index contributed by atoms with van der Waals surface area (Å²) in [7, 11) is 3.82. The van der Waals surface area contributed by atoms with Crippen molar-refractivity contribution in [2.45, 2.75) is 25.4 Å². The van der Waals surface area contributed by atoms with Gasteiger partial charge in [0.2, 0.25) is 0 Å². The minimum Gasteiger partial charge on any atom is -0.497 e. The molecule has 0 spiro atoms. The smallest absolute Gasteiger partial charge is 0.315 e. The lowest BCUT2D eigenvalue weighted by Gasteiger charge is -2.34. The van der Waals surface area contributed by atoms with E-state index in [0.717, 1.165) is 69.2 Å². The standard InChI is InChI=1S/C24H34N6O2/c1-28-14-16-30(17-15-28)23-19(4-3-11-25-23)18-26-24(31)27-20-9-12-29(13-10-20)21-5-7-22(32-2)8-6-21/h3-8,11,20H,9-10,12-18H2,1-2H3,(H2,26,27,31). The zero-order chi connectivity index (χ0) is 22.3. The van der Waals surface area contributed by atoms with Gasteiger partial charge in [-0.05, 0) is 50.2 Å². The van der Waals surface area contributed by atoms with E-state index in [1.54, 1.807) is 7.11 Å². The number of urea groups is 1. The molecule has 0 saturated carbocycles. The van der Waals surface area contributed by atoms with Gasteiger partial charge in [0.15, 0.2) is 0 Å². The van der Waals surface area contributed by atoms with E-state index in [0.29, 0.717) is 6.54 Å². The van der Waals surface area contributed by atoms with Gasteiger partial charge in [-0.25, -0.2) is 9.78 Å². The molecule has 1 aromatic carbocycles. The molecule has 0 atom stereocenters. The number of carbonyl (C=O) groups excluding carboxylic acids is 1. The van der Waals surface area contributed by atoms with Gasteiger partial charge in [-0.3, -0.25) is 0 Å². The van der Waals surface area contributed by atoms with Gasteiger partial charge < -0.3 is 30.1 Å². The highest BCUT2D eigenvalue weighted by Gasteiger charge is 2.22. The first kappa shape index (κ1) is 22.2. The number of amides is 2. The van der Waals surface area contributed by atoms with E-state index in [-0.39, 0.29) is 12.1 Å². The molecule has 4 rings (SSSR count). The highest BCUT2D eigenvalue weighted by atomic mass is 16.5. The number of hydrogen-bond donors (Lipinski definition) is 2. The number of likely N-dealkylation sites (N-methyl/N-ethyl adjacent to an activating group) is 1. The molecule has 0 unspecified atom stereocenters. The van der Waals surface area contributed by atoms with Crippen molar-refractivity contribution in [3.05, 3.63) is 48.2 Å². The lowest BCUT2D eigenvalue weighted by molar-refractivity contribution is 0.234. The van der Waals surface area contributed by atoms with Crippen molar-refractivity contribution >= 4 is 17.5 Å². The van der Waals surface area contributed by atoms with Gasteiger partial charge in [0.1, 0.15) is 11.6 Å². The number of aromatic nitrogens is 1. The molecule has 2 fully saturated rings. The summed E-state index contributed by atoms with van der Waals surface area (Å²) < 4.78 is 5.24. The van der Waals surface area contributed by atoms with Crippen molar-refractivity contribution in [3.63, 3.8) is 0 Å². The number of ether oxygens (including phenoxy) is 1. The number of benzene rings is 1. The molecule has 2 N–H and O–H groups in total. The van der Waals surface area contributed by atoms with Crippen LogP contribution in [0.15, 0.2) is 42.6 Å². The number of anilines is 2. The maximum atomic E-state index is 12.5. The quantitative estimate of drug-likeness (QED) is 0.721. The molecule has 3 heterocycles. The number of piperidine rings is 1. The third-order valence-corrected chi connectivity index (χ3v) is 6.38. The van der Waals surface area contributed by atoms with Crippen molar-refractivity contribution in [1.29, 1.82) is 0 Å². The van der Waals surface area contributed by atoms with E-state index in [2.05, 4.69) is 49.5 Å². The molecule has 1 aromatic heterocycles. The highest BCUT2D eigenvalue weighted by molar-refractivity contribution is 5.74. The van der Waals surface area contributed by atoms with Crippen LogP contribution in [0.4, 0.5) is 16.3 Å². The summed E-state index contributed by atoms with van der Waals surface area (Å²) in [5, 5.41) is 6.18. The second-order valence-corrected chi connectivity index (χ2v) is 8.56. The number of nitrogens with zero attached hydrogens (tertiary/aromatic N) is 4. The van der Waals surface area contributed by atoms with Crippen molar-refractivity contribution in [2.75, 3.05) is 63.2 Å². The zero-order valence-corrected chi connectivity index (χ0v) is 19.1. The first-order valence-corrected chi connectivity index (χ1v) is 11.4. The summed E-state index contributed by atoms with van der Waals surface area (Å²) in [6, 6.07) is 12.2. The summed E-state index contributed by atoms with van der Waals surface area (Å²) in [6.45, 7) is 6.30. The lowest BCUT2D eigenvalue weighted by atomic mass is 10.0. The Balaban J connectivity index is 1.24. The molecule has 8 nitrogen and oxygen atoms in total. The van der Waals surface area contributed by atoms with Gasteiger partial charge in [-0.1, -0.05) is 6.07 Å². The number of pyridine rings is 1. The molecule has 2 aliphatic rings. The Morgan fingerprint density at radius 2 is 1.75 bits per heavy atom. The number of nitrogens with one attached hydrogen (secondary N) is 2. The van der Waals surface area contributed by atoms with E-state index in [1.807, 2.05) is 30.5 Å². The SMILES string of the molecule is COc1ccc(N2CCC(NC(=O)NCc3cccnc3N3CCN(C)CC3)CC2)cc1. The fraction of sp³-hybridized carbons (Fsp3) is 0.500. The van der Waals surface area contributed by atoms with Gasteiger partial charge in [0, 0.05) is 69.3 Å². The third-order valence-electron chi connectivity index (χ3n) is 6.38. The zero-order valence-electron chi connectivity index (χ0n) is 19.1. The summed E-state index contributed by atoms with van der Waals surface area (Å²) in [5.41, 5.74) is 2.25. The molecular formula is C24H34N6O2. The molecule has 0 radical (unpaired) electrons. The van der Waals surface area contributed by atoms with Crippen LogP contribution in [-0.2, 0) is 6.54 Å². The molecule has 0 aliphatic carbocycles. The van der Waals surface area contributed by atoms with Gasteiger partial charge in [-0.2, -0.15) is 0 Å². The van der Waals surface area contributed by atoms with Crippen molar-refractivity contribution in [3.8, 4) is 5.75 Å². The number of rotatable bonds is 6. The second-order valence-electron chi connectivity index (χ2n) is 8.56. The predicted molar refractivity (Wildman–Crippen MR) is 128 cm³/mol. The molecule has 2 aromatic rings. The molecule has 0 bridgehead atoms. The van der Waals surface area contributed by atoms with E-state index in [1.165, 1.54) is 5.69 Å². The number of piperazine rings is 1. The van der Waals surface area contributed by atoms with E-state index in [4.69, 9.17) is 4.74 Å². The third kappa shape index (κ3) is 5.62. The average molecular weight is 439 g/mol. The number of methoxy groups -OCH3 is 1. The summed E-state index contributed by atoms with van der Waals surface area (Å²) in [4.78, 5) is 24.1. The van der Waals surface area contributed by atoms with Gasteiger partial charge in [-0.15, -0.1) is 0 Å². The summed E-state index contributed by atoms with van der Waals surface area (Å²) >= 11 is 0. The van der Waals surface area contributed by atoms with E-state index >= 15 is 0 Å². The topological polar surface area (TPSA) is 73.0 Å². The average Bonchev–Trinajstić information content (AvgIpc) is 2.84. The van der Waals surface area contributed by atoms with Gasteiger partial charge >= 0.3 is 6.03 Å². The minimum absolute atomic E-state index is 0.110. The Morgan fingerprint density at radius 1 is 1.03 bits per heavy atom. The van der Waals surface area contributed by atoms with Crippen LogP contribution in [-0.4, -0.2) is 75.4 Å². The largest absolute Gasteiger partial charge is 0.497 e. The molecule has 32 heavy (non-hydrogen) atoms. The molecule has 2 aliphatic heterocycles. The Hall–Kier alpha value is -3.00. The van der Waals surface area contributed by atoms with Crippen LogP contribution in [0.3, 0.4) is 0 Å². The van der Waals surface area contributed by atoms with Crippen LogP contribution in [0, 0.1) is 0 Å². The van der Waals surface area contributed by atoms with E-state index in [9.17, 15) is 4.79 Å². The molecule has 8 heteroatoms.